The number of hydrogen-bond donors (Lipinski definition) is 3. The molecule has 0 aliphatic heterocycles. The number of rotatable bonds is 79. The van der Waals surface area contributed by atoms with Gasteiger partial charge in [0, 0.05) is 12.8 Å². The number of carbonyl (C=O) groups excluding carboxylic acids is 2. The van der Waals surface area contributed by atoms with Crippen molar-refractivity contribution in [3.63, 3.8) is 0 Å². The van der Waals surface area contributed by atoms with E-state index < -0.39 is 12.1 Å². The molecule has 0 fully saturated rings. The summed E-state index contributed by atoms with van der Waals surface area (Å²) in [6.07, 6.45) is 103. The van der Waals surface area contributed by atoms with E-state index in [0.29, 0.717) is 19.4 Å². The predicted octanol–water partition coefficient (Wildman–Crippen LogP) is 27.6. The number of allylic oxidation sites excluding steroid dienone is 3. The van der Waals surface area contributed by atoms with Crippen molar-refractivity contribution in [2.45, 2.75) is 488 Å². The lowest BCUT2D eigenvalue weighted by atomic mass is 10.0. The maximum absolute atomic E-state index is 12.5. The fourth-order valence-electron chi connectivity index (χ4n) is 13.4. The summed E-state index contributed by atoms with van der Waals surface area (Å²) in [7, 11) is 0. The molecule has 90 heavy (non-hydrogen) atoms. The molecular weight excluding hydrogens is 1100 g/mol. The van der Waals surface area contributed by atoms with Gasteiger partial charge in [-0.1, -0.05) is 430 Å². The first kappa shape index (κ1) is 88.3. The van der Waals surface area contributed by atoms with Crippen LogP contribution in [0.3, 0.4) is 0 Å². The molecule has 1 amide bonds. The van der Waals surface area contributed by atoms with Crippen LogP contribution in [0.5, 0.6) is 0 Å². The molecule has 0 aliphatic rings. The number of ether oxygens (including phenoxy) is 1. The number of carbonyl (C=O) groups is 2. The number of esters is 1. The second-order valence-corrected chi connectivity index (χ2v) is 28.8. The highest BCUT2D eigenvalue weighted by molar-refractivity contribution is 5.76. The average Bonchev–Trinajstić information content (AvgIpc) is 3.56. The van der Waals surface area contributed by atoms with Crippen molar-refractivity contribution in [2.24, 2.45) is 0 Å². The highest BCUT2D eigenvalue weighted by Crippen LogP contribution is 2.20. The largest absolute Gasteiger partial charge is 0.466 e. The summed E-state index contributed by atoms with van der Waals surface area (Å²) in [4.78, 5) is 24.7. The lowest BCUT2D eigenvalue weighted by Crippen LogP contribution is -2.45. The first-order chi connectivity index (χ1) is 44.5. The molecule has 0 aromatic carbocycles. The van der Waals surface area contributed by atoms with Crippen molar-refractivity contribution in [1.29, 1.82) is 0 Å². The van der Waals surface area contributed by atoms with Crippen molar-refractivity contribution >= 4 is 11.9 Å². The van der Waals surface area contributed by atoms with Crippen molar-refractivity contribution < 1.29 is 24.5 Å². The fraction of sp³-hybridized carbons (Fsp3) is 0.929. The standard InChI is InChI=1S/C84H163NO5/c1-3-5-7-9-11-13-15-17-19-21-40-44-48-52-56-60-64-68-72-76-82(87)81(80-86)85-83(88)77-73-69-65-61-57-53-49-45-42-38-36-34-32-30-28-26-24-23-25-27-29-31-33-35-37-39-43-47-51-55-59-63-67-71-75-79-90-84(89)78-74-70-66-62-58-54-50-46-41-22-20-18-16-14-12-10-8-6-4-2/h25,27,72,76,81-82,86-87H,3-24,26,28-71,73-75,77-80H2,1-2H3,(H,85,88)/b27-25-,76-72+. The van der Waals surface area contributed by atoms with Crippen LogP contribution < -0.4 is 5.32 Å². The van der Waals surface area contributed by atoms with Gasteiger partial charge in [0.15, 0.2) is 0 Å². The van der Waals surface area contributed by atoms with Gasteiger partial charge in [-0.2, -0.15) is 0 Å². The van der Waals surface area contributed by atoms with Gasteiger partial charge < -0.3 is 20.3 Å². The molecule has 0 heterocycles. The van der Waals surface area contributed by atoms with Gasteiger partial charge in [-0.15, -0.1) is 0 Å². The van der Waals surface area contributed by atoms with E-state index in [2.05, 4.69) is 31.3 Å². The van der Waals surface area contributed by atoms with E-state index in [1.165, 1.54) is 411 Å². The van der Waals surface area contributed by atoms with Crippen LogP contribution in [0.2, 0.25) is 0 Å². The van der Waals surface area contributed by atoms with E-state index in [0.717, 1.165) is 38.5 Å². The lowest BCUT2D eigenvalue weighted by Gasteiger charge is -2.20. The summed E-state index contributed by atoms with van der Waals surface area (Å²) in [6, 6.07) is -0.626. The third-order valence-electron chi connectivity index (χ3n) is 19.7. The van der Waals surface area contributed by atoms with Gasteiger partial charge in [-0.3, -0.25) is 9.59 Å². The van der Waals surface area contributed by atoms with Crippen LogP contribution in [-0.2, 0) is 14.3 Å². The smallest absolute Gasteiger partial charge is 0.305 e. The summed E-state index contributed by atoms with van der Waals surface area (Å²) in [5, 5.41) is 23.3. The van der Waals surface area contributed by atoms with E-state index in [-0.39, 0.29) is 18.5 Å². The SMILES string of the molecule is CCCCCCCCCCCCCCCCCCC/C=C/C(O)C(CO)NC(=O)CCCCCCCCCCCCCCCCCCC/C=C\CCCCCCCCCCCCCCCCOC(=O)CCCCCCCCCCCCCCCCCCCCC. The highest BCUT2D eigenvalue weighted by Gasteiger charge is 2.18. The zero-order chi connectivity index (χ0) is 64.9. The Balaban J connectivity index is 3.34. The Morgan fingerprint density at radius 1 is 0.300 bits per heavy atom. The molecule has 0 spiro atoms. The highest BCUT2D eigenvalue weighted by atomic mass is 16.5. The maximum atomic E-state index is 12.5. The molecule has 3 N–H and O–H groups in total. The molecule has 0 aromatic heterocycles. The molecule has 0 bridgehead atoms. The Morgan fingerprint density at radius 2 is 0.522 bits per heavy atom. The molecular formula is C84H163NO5. The molecule has 6 nitrogen and oxygen atoms in total. The minimum absolute atomic E-state index is 0.0260. The van der Waals surface area contributed by atoms with Gasteiger partial charge in [0.1, 0.15) is 0 Å². The second-order valence-electron chi connectivity index (χ2n) is 28.8. The van der Waals surface area contributed by atoms with Crippen LogP contribution >= 0.6 is 0 Å². The number of aliphatic hydroxyl groups excluding tert-OH is 2. The van der Waals surface area contributed by atoms with Gasteiger partial charge in [0.25, 0.3) is 0 Å². The van der Waals surface area contributed by atoms with E-state index in [4.69, 9.17) is 4.74 Å². The Morgan fingerprint density at radius 3 is 0.789 bits per heavy atom. The molecule has 2 unspecified atom stereocenters. The average molecular weight is 1270 g/mol. The summed E-state index contributed by atoms with van der Waals surface area (Å²) in [6.45, 7) is 4.97. The van der Waals surface area contributed by atoms with Gasteiger partial charge >= 0.3 is 5.97 Å². The van der Waals surface area contributed by atoms with Crippen molar-refractivity contribution in [3.8, 4) is 0 Å². The lowest BCUT2D eigenvalue weighted by molar-refractivity contribution is -0.143. The van der Waals surface area contributed by atoms with Gasteiger partial charge in [0.05, 0.1) is 25.4 Å². The van der Waals surface area contributed by atoms with E-state index in [1.807, 2.05) is 6.08 Å². The Kier molecular flexibility index (Phi) is 78.3. The molecule has 0 aromatic rings. The normalized spacial score (nSPS) is 12.5. The first-order valence-electron chi connectivity index (χ1n) is 41.6. The third kappa shape index (κ3) is 75.4. The Bertz CT molecular complexity index is 1410. The number of nitrogens with one attached hydrogen (secondary N) is 1. The van der Waals surface area contributed by atoms with Crippen LogP contribution in [0.4, 0.5) is 0 Å². The van der Waals surface area contributed by atoms with Crippen LogP contribution in [-0.4, -0.2) is 47.4 Å². The number of hydrogen-bond acceptors (Lipinski definition) is 5. The molecule has 2 atom stereocenters. The summed E-state index contributed by atoms with van der Waals surface area (Å²) < 4.78 is 5.52. The molecule has 534 valence electrons. The molecule has 0 rings (SSSR count). The summed E-state index contributed by atoms with van der Waals surface area (Å²) in [5.74, 6) is -0.0339. The van der Waals surface area contributed by atoms with Gasteiger partial charge in [0.2, 0.25) is 5.91 Å². The van der Waals surface area contributed by atoms with E-state index >= 15 is 0 Å². The number of aliphatic hydroxyl groups is 2. The van der Waals surface area contributed by atoms with Crippen LogP contribution in [0, 0.1) is 0 Å². The van der Waals surface area contributed by atoms with E-state index in [9.17, 15) is 19.8 Å². The molecule has 0 saturated carbocycles. The minimum atomic E-state index is -0.843. The van der Waals surface area contributed by atoms with Gasteiger partial charge in [-0.25, -0.2) is 0 Å². The minimum Gasteiger partial charge on any atom is -0.466 e. The Hall–Kier alpha value is -1.66. The molecule has 0 radical (unpaired) electrons. The van der Waals surface area contributed by atoms with Crippen molar-refractivity contribution in [3.05, 3.63) is 24.3 Å². The van der Waals surface area contributed by atoms with E-state index in [1.54, 1.807) is 6.08 Å². The number of amides is 1. The first-order valence-corrected chi connectivity index (χ1v) is 41.6. The third-order valence-corrected chi connectivity index (χ3v) is 19.7. The quantitative estimate of drug-likeness (QED) is 0.0320. The molecule has 0 saturated heterocycles. The monoisotopic (exact) mass is 1270 g/mol. The molecule has 0 aliphatic carbocycles. The second kappa shape index (κ2) is 79.8. The topological polar surface area (TPSA) is 95.9 Å². The van der Waals surface area contributed by atoms with Crippen molar-refractivity contribution in [1.82, 2.24) is 5.32 Å². The fourth-order valence-corrected chi connectivity index (χ4v) is 13.4. The molecule has 6 heteroatoms. The Labute approximate surface area is 564 Å². The summed E-state index contributed by atoms with van der Waals surface area (Å²) >= 11 is 0. The zero-order valence-electron chi connectivity index (χ0n) is 61.4. The van der Waals surface area contributed by atoms with Crippen LogP contribution in [0.25, 0.3) is 0 Å². The van der Waals surface area contributed by atoms with Crippen LogP contribution in [0.1, 0.15) is 476 Å². The number of unbranched alkanes of at least 4 members (excludes halogenated alkanes) is 66. The van der Waals surface area contributed by atoms with Crippen molar-refractivity contribution in [2.75, 3.05) is 13.2 Å². The maximum Gasteiger partial charge on any atom is 0.305 e. The van der Waals surface area contributed by atoms with Gasteiger partial charge in [-0.05, 0) is 57.8 Å². The van der Waals surface area contributed by atoms with Crippen LogP contribution in [0.15, 0.2) is 24.3 Å². The predicted molar refractivity (Wildman–Crippen MR) is 398 cm³/mol. The summed E-state index contributed by atoms with van der Waals surface area (Å²) in [5.41, 5.74) is 0. The zero-order valence-corrected chi connectivity index (χ0v) is 61.4.